The molecular formula is C18H17FN4O3. The van der Waals surface area contributed by atoms with Crippen LogP contribution in [0.4, 0.5) is 10.4 Å². The van der Waals surface area contributed by atoms with Gasteiger partial charge in [-0.05, 0) is 31.0 Å². The summed E-state index contributed by atoms with van der Waals surface area (Å²) in [5.74, 6) is 0.0922. The molecular weight excluding hydrogens is 339 g/mol. The third kappa shape index (κ3) is 2.76. The fourth-order valence-corrected chi connectivity index (χ4v) is 3.32. The minimum atomic E-state index is -0.368. The van der Waals surface area contributed by atoms with Gasteiger partial charge < -0.3 is 14.5 Å². The minimum absolute atomic E-state index is 0.156. The van der Waals surface area contributed by atoms with Crippen LogP contribution in [0, 0.1) is 5.82 Å². The summed E-state index contributed by atoms with van der Waals surface area (Å²) in [5, 5.41) is 7.71. The van der Waals surface area contributed by atoms with Gasteiger partial charge in [-0.1, -0.05) is 0 Å². The highest BCUT2D eigenvalue weighted by molar-refractivity contribution is 5.74. The first-order valence-electron chi connectivity index (χ1n) is 8.67. The van der Waals surface area contributed by atoms with Gasteiger partial charge in [0.2, 0.25) is 0 Å². The van der Waals surface area contributed by atoms with Gasteiger partial charge in [-0.3, -0.25) is 4.79 Å². The van der Waals surface area contributed by atoms with Crippen molar-refractivity contribution < 1.29 is 13.5 Å². The van der Waals surface area contributed by atoms with Gasteiger partial charge in [-0.15, -0.1) is 0 Å². The van der Waals surface area contributed by atoms with Crippen LogP contribution in [-0.4, -0.2) is 34.0 Å². The van der Waals surface area contributed by atoms with Crippen LogP contribution >= 0.6 is 0 Å². The molecule has 1 aliphatic carbocycles. The van der Waals surface area contributed by atoms with E-state index in [0.29, 0.717) is 30.2 Å². The summed E-state index contributed by atoms with van der Waals surface area (Å²) in [6.45, 7) is 0.785. The Kier molecular flexibility index (Phi) is 3.53. The Balaban J connectivity index is 1.43. The van der Waals surface area contributed by atoms with Crippen LogP contribution in [0.15, 0.2) is 39.5 Å². The molecule has 1 aliphatic heterocycles. The van der Waals surface area contributed by atoms with Crippen molar-refractivity contribution in [3.8, 4) is 0 Å². The number of fused-ring (bicyclic) bond motifs is 1. The molecule has 2 aromatic heterocycles. The van der Waals surface area contributed by atoms with Crippen molar-refractivity contribution >= 4 is 17.1 Å². The third-order valence-corrected chi connectivity index (χ3v) is 4.86. The molecule has 8 heteroatoms. The summed E-state index contributed by atoms with van der Waals surface area (Å²) in [4.78, 5) is 16.6. The molecule has 0 amide bonds. The predicted molar refractivity (Wildman–Crippen MR) is 91.7 cm³/mol. The lowest BCUT2D eigenvalue weighted by Gasteiger charge is -2.19. The zero-order valence-corrected chi connectivity index (χ0v) is 13.9. The number of ether oxygens (including phenoxy) is 1. The summed E-state index contributed by atoms with van der Waals surface area (Å²) >= 11 is 0. The Bertz CT molecular complexity index is 1030. The van der Waals surface area contributed by atoms with E-state index < -0.39 is 0 Å². The van der Waals surface area contributed by atoms with Gasteiger partial charge in [0.05, 0.1) is 24.9 Å². The van der Waals surface area contributed by atoms with Crippen LogP contribution in [0.3, 0.4) is 0 Å². The average Bonchev–Trinajstić information content (AvgIpc) is 3.25. The van der Waals surface area contributed by atoms with E-state index in [4.69, 9.17) is 9.15 Å². The Labute approximate surface area is 147 Å². The molecule has 2 aliphatic rings. The molecule has 3 aromatic rings. The van der Waals surface area contributed by atoms with Crippen LogP contribution in [0.1, 0.15) is 30.5 Å². The normalized spacial score (nSPS) is 22.8. The molecule has 1 saturated carbocycles. The molecule has 1 N–H and O–H groups in total. The lowest BCUT2D eigenvalue weighted by molar-refractivity contribution is 0.182. The number of anilines is 1. The van der Waals surface area contributed by atoms with Crippen LogP contribution in [0.5, 0.6) is 0 Å². The van der Waals surface area contributed by atoms with E-state index in [1.807, 2.05) is 6.07 Å². The van der Waals surface area contributed by atoms with Crippen molar-refractivity contribution in [2.75, 3.05) is 18.5 Å². The summed E-state index contributed by atoms with van der Waals surface area (Å²) in [6.07, 6.45) is 2.24. The monoisotopic (exact) mass is 356 g/mol. The Hall–Kier alpha value is -2.74. The smallest absolute Gasteiger partial charge is 0.296 e. The topological polar surface area (TPSA) is 82.2 Å². The zero-order valence-electron chi connectivity index (χ0n) is 13.9. The van der Waals surface area contributed by atoms with Gasteiger partial charge in [0.15, 0.2) is 5.58 Å². The highest BCUT2D eigenvalue weighted by Crippen LogP contribution is 2.38. The number of halogens is 1. The Morgan fingerprint density at radius 1 is 1.19 bits per heavy atom. The van der Waals surface area contributed by atoms with Crippen LogP contribution in [-0.2, 0) is 4.74 Å². The molecule has 5 rings (SSSR count). The molecule has 2 atom stereocenters. The summed E-state index contributed by atoms with van der Waals surface area (Å²) in [6, 6.07) is 7.36. The molecule has 0 bridgehead atoms. The molecule has 134 valence electrons. The van der Waals surface area contributed by atoms with Crippen molar-refractivity contribution in [2.24, 2.45) is 0 Å². The molecule has 7 nitrogen and oxygen atoms in total. The first kappa shape index (κ1) is 15.5. The van der Waals surface area contributed by atoms with Crippen LogP contribution in [0.25, 0.3) is 11.1 Å². The van der Waals surface area contributed by atoms with E-state index in [2.05, 4.69) is 15.4 Å². The van der Waals surface area contributed by atoms with Crippen molar-refractivity contribution in [1.82, 2.24) is 14.8 Å². The molecule has 0 radical (unpaired) electrons. The molecule has 3 heterocycles. The lowest BCUT2D eigenvalue weighted by atomic mass is 10.1. The van der Waals surface area contributed by atoms with E-state index in [1.165, 1.54) is 22.9 Å². The SMILES string of the molecule is O=c1ccc(C2CC2)nn1C1COCC1Nc1nc2cc(F)ccc2o1. The number of rotatable bonds is 4. The Morgan fingerprint density at radius 2 is 2.08 bits per heavy atom. The number of hydrogen-bond donors (Lipinski definition) is 1. The second kappa shape index (κ2) is 5.91. The quantitative estimate of drug-likeness (QED) is 0.773. The maximum atomic E-state index is 13.3. The molecule has 1 aromatic carbocycles. The lowest BCUT2D eigenvalue weighted by Crippen LogP contribution is -2.37. The number of nitrogens with one attached hydrogen (secondary N) is 1. The van der Waals surface area contributed by atoms with Gasteiger partial charge in [-0.2, -0.15) is 10.1 Å². The highest BCUT2D eigenvalue weighted by Gasteiger charge is 2.34. The number of oxazole rings is 1. The minimum Gasteiger partial charge on any atom is -0.424 e. The van der Waals surface area contributed by atoms with Gasteiger partial charge in [-0.25, -0.2) is 9.07 Å². The van der Waals surface area contributed by atoms with Crippen molar-refractivity contribution in [3.05, 3.63) is 52.2 Å². The molecule has 0 spiro atoms. The number of nitrogens with zero attached hydrogens (tertiary/aromatic N) is 3. The van der Waals surface area contributed by atoms with Crippen molar-refractivity contribution in [3.63, 3.8) is 0 Å². The van der Waals surface area contributed by atoms with Gasteiger partial charge in [0.1, 0.15) is 17.4 Å². The molecule has 26 heavy (non-hydrogen) atoms. The summed E-state index contributed by atoms with van der Waals surface area (Å²) in [7, 11) is 0. The fourth-order valence-electron chi connectivity index (χ4n) is 3.32. The van der Waals surface area contributed by atoms with Gasteiger partial charge in [0, 0.05) is 18.1 Å². The maximum Gasteiger partial charge on any atom is 0.296 e. The van der Waals surface area contributed by atoms with Crippen LogP contribution in [0.2, 0.25) is 0 Å². The number of hydrogen-bond acceptors (Lipinski definition) is 6. The standard InChI is InChI=1S/C18H17FN4O3/c19-11-3-5-16-13(7-11)20-18(26-16)21-14-8-25-9-15(14)23-17(24)6-4-12(22-23)10-1-2-10/h3-7,10,14-15H,1-2,8-9H2,(H,20,21). The second-order valence-corrected chi connectivity index (χ2v) is 6.80. The van der Waals surface area contributed by atoms with Crippen molar-refractivity contribution in [2.45, 2.75) is 30.8 Å². The summed E-state index contributed by atoms with van der Waals surface area (Å²) < 4.78 is 26.0. The van der Waals surface area contributed by atoms with E-state index in [-0.39, 0.29) is 29.5 Å². The first-order valence-corrected chi connectivity index (χ1v) is 8.67. The highest BCUT2D eigenvalue weighted by atomic mass is 19.1. The molecule has 1 saturated heterocycles. The van der Waals surface area contributed by atoms with Gasteiger partial charge in [0.25, 0.3) is 11.6 Å². The van der Waals surface area contributed by atoms with E-state index in [1.54, 1.807) is 6.07 Å². The second-order valence-electron chi connectivity index (χ2n) is 6.80. The van der Waals surface area contributed by atoms with Crippen molar-refractivity contribution in [1.29, 1.82) is 0 Å². The maximum absolute atomic E-state index is 13.3. The van der Waals surface area contributed by atoms with E-state index >= 15 is 0 Å². The fraction of sp³-hybridized carbons (Fsp3) is 0.389. The van der Waals surface area contributed by atoms with E-state index in [0.717, 1.165) is 18.5 Å². The van der Waals surface area contributed by atoms with Gasteiger partial charge >= 0.3 is 0 Å². The van der Waals surface area contributed by atoms with E-state index in [9.17, 15) is 9.18 Å². The largest absolute Gasteiger partial charge is 0.424 e. The zero-order chi connectivity index (χ0) is 17.7. The number of benzene rings is 1. The first-order chi connectivity index (χ1) is 12.7. The predicted octanol–water partition coefficient (Wildman–Crippen LogP) is 2.45. The van der Waals surface area contributed by atoms with Crippen LogP contribution < -0.4 is 10.9 Å². The molecule has 2 unspecified atom stereocenters. The Morgan fingerprint density at radius 3 is 2.92 bits per heavy atom. The average molecular weight is 356 g/mol. The third-order valence-electron chi connectivity index (χ3n) is 4.86. The number of aromatic nitrogens is 3. The summed E-state index contributed by atoms with van der Waals surface area (Å²) in [5.41, 5.74) is 1.73. The molecule has 2 fully saturated rings.